The maximum absolute atomic E-state index is 6.36. The highest BCUT2D eigenvalue weighted by molar-refractivity contribution is 6.21. The van der Waals surface area contributed by atoms with Crippen molar-refractivity contribution >= 4 is 54.5 Å². The Morgan fingerprint density at radius 3 is 1.77 bits per heavy atom. The summed E-state index contributed by atoms with van der Waals surface area (Å²) in [6.45, 7) is 0. The first-order chi connectivity index (χ1) is 23.8. The van der Waals surface area contributed by atoms with E-state index in [4.69, 9.17) is 14.4 Å². The molecule has 3 aromatic heterocycles. The molecular weight excluding hydrogens is 587 g/mol. The van der Waals surface area contributed by atoms with Crippen molar-refractivity contribution in [3.63, 3.8) is 0 Å². The first-order valence-electron chi connectivity index (χ1n) is 16.2. The number of hydrogen-bond donors (Lipinski definition) is 0. The Morgan fingerprint density at radius 1 is 0.396 bits per heavy atom. The minimum absolute atomic E-state index is 0.629. The molecule has 0 saturated heterocycles. The van der Waals surface area contributed by atoms with Crippen LogP contribution in [0.1, 0.15) is 0 Å². The first kappa shape index (κ1) is 26.7. The maximum atomic E-state index is 6.36. The molecule has 0 atom stereocenters. The third kappa shape index (κ3) is 4.10. The van der Waals surface area contributed by atoms with Gasteiger partial charge in [0, 0.05) is 43.6 Å². The number of furan rings is 1. The van der Waals surface area contributed by atoms with Gasteiger partial charge >= 0.3 is 0 Å². The molecule has 7 aromatic carbocycles. The molecule has 0 unspecified atom stereocenters. The van der Waals surface area contributed by atoms with Gasteiger partial charge in [0.1, 0.15) is 11.2 Å². The SMILES string of the molecule is c1ccc(-c2cc(-c3ccccc3)nc(-n3c4c(-c5ccc6c(c5)oc5ccccc56)cccc4c4ccc5ccccc5c43)n2)cc1. The number of aromatic nitrogens is 3. The van der Waals surface area contributed by atoms with Crippen molar-refractivity contribution in [1.29, 1.82) is 0 Å². The van der Waals surface area contributed by atoms with E-state index in [1.807, 2.05) is 24.3 Å². The first-order valence-corrected chi connectivity index (χ1v) is 16.2. The molecule has 0 N–H and O–H groups in total. The van der Waals surface area contributed by atoms with Crippen molar-refractivity contribution in [1.82, 2.24) is 14.5 Å². The summed E-state index contributed by atoms with van der Waals surface area (Å²) in [5, 5.41) is 6.86. The van der Waals surface area contributed by atoms with Crippen LogP contribution in [-0.2, 0) is 0 Å². The van der Waals surface area contributed by atoms with Gasteiger partial charge in [-0.1, -0.05) is 140 Å². The summed E-state index contributed by atoms with van der Waals surface area (Å²) in [6.07, 6.45) is 0. The fraction of sp³-hybridized carbons (Fsp3) is 0. The summed E-state index contributed by atoms with van der Waals surface area (Å²) in [6, 6.07) is 57.2. The van der Waals surface area contributed by atoms with E-state index in [0.29, 0.717) is 5.95 Å². The molecule has 224 valence electrons. The highest BCUT2D eigenvalue weighted by atomic mass is 16.3. The Bertz CT molecular complexity index is 2770. The van der Waals surface area contributed by atoms with E-state index in [9.17, 15) is 0 Å². The smallest absolute Gasteiger partial charge is 0.235 e. The third-order valence-corrected chi connectivity index (χ3v) is 9.42. The van der Waals surface area contributed by atoms with Crippen LogP contribution >= 0.6 is 0 Å². The second-order valence-corrected chi connectivity index (χ2v) is 12.2. The summed E-state index contributed by atoms with van der Waals surface area (Å²) >= 11 is 0. The molecule has 48 heavy (non-hydrogen) atoms. The normalized spacial score (nSPS) is 11.8. The quantitative estimate of drug-likeness (QED) is 0.198. The molecule has 0 fully saturated rings. The molecule has 0 aliphatic heterocycles. The van der Waals surface area contributed by atoms with E-state index in [1.165, 1.54) is 5.39 Å². The van der Waals surface area contributed by atoms with Gasteiger partial charge in [-0.05, 0) is 35.2 Å². The van der Waals surface area contributed by atoms with Gasteiger partial charge in [0.05, 0.1) is 22.4 Å². The number of nitrogens with zero attached hydrogens (tertiary/aromatic N) is 3. The molecule has 4 nitrogen and oxygen atoms in total. The number of fused-ring (bicyclic) bond motifs is 8. The topological polar surface area (TPSA) is 43.9 Å². The monoisotopic (exact) mass is 613 g/mol. The minimum Gasteiger partial charge on any atom is -0.456 e. The summed E-state index contributed by atoms with van der Waals surface area (Å²) < 4.78 is 8.64. The van der Waals surface area contributed by atoms with Crippen LogP contribution in [0, 0.1) is 0 Å². The molecule has 10 rings (SSSR count). The van der Waals surface area contributed by atoms with Crippen LogP contribution in [0.5, 0.6) is 0 Å². The predicted octanol–water partition coefficient (Wildman–Crippen LogP) is 11.6. The van der Waals surface area contributed by atoms with Crippen LogP contribution in [0.3, 0.4) is 0 Å². The predicted molar refractivity (Wildman–Crippen MR) is 197 cm³/mol. The number of para-hydroxylation sites is 2. The second-order valence-electron chi connectivity index (χ2n) is 12.2. The Balaban J connectivity index is 1.34. The lowest BCUT2D eigenvalue weighted by molar-refractivity contribution is 0.669. The van der Waals surface area contributed by atoms with Crippen LogP contribution in [0.15, 0.2) is 168 Å². The van der Waals surface area contributed by atoms with E-state index in [2.05, 4.69) is 144 Å². The van der Waals surface area contributed by atoms with Gasteiger partial charge in [0.15, 0.2) is 0 Å². The van der Waals surface area contributed by atoms with E-state index < -0.39 is 0 Å². The molecule has 0 spiro atoms. The number of hydrogen-bond acceptors (Lipinski definition) is 3. The lowest BCUT2D eigenvalue weighted by atomic mass is 10.00. The molecule has 4 heteroatoms. The van der Waals surface area contributed by atoms with E-state index >= 15 is 0 Å². The largest absolute Gasteiger partial charge is 0.456 e. The van der Waals surface area contributed by atoms with Crippen molar-refractivity contribution in [3.05, 3.63) is 164 Å². The zero-order valence-electron chi connectivity index (χ0n) is 25.8. The number of benzene rings is 7. The molecule has 0 aliphatic rings. The van der Waals surface area contributed by atoms with Gasteiger partial charge in [-0.25, -0.2) is 9.97 Å². The molecule has 0 amide bonds. The van der Waals surface area contributed by atoms with Crippen LogP contribution in [0.25, 0.3) is 94.1 Å². The zero-order chi connectivity index (χ0) is 31.6. The lowest BCUT2D eigenvalue weighted by Crippen LogP contribution is -2.05. The summed E-state index contributed by atoms with van der Waals surface area (Å²) in [7, 11) is 0. The van der Waals surface area contributed by atoms with Crippen molar-refractivity contribution in [2.45, 2.75) is 0 Å². The Labute approximate surface area is 276 Å². The van der Waals surface area contributed by atoms with Gasteiger partial charge in [0.2, 0.25) is 5.95 Å². The molecule has 0 radical (unpaired) electrons. The highest BCUT2D eigenvalue weighted by Crippen LogP contribution is 2.42. The zero-order valence-corrected chi connectivity index (χ0v) is 25.8. The van der Waals surface area contributed by atoms with Crippen molar-refractivity contribution in [3.8, 4) is 39.6 Å². The number of rotatable bonds is 4. The summed E-state index contributed by atoms with van der Waals surface area (Å²) in [5.74, 6) is 0.629. The van der Waals surface area contributed by atoms with Gasteiger partial charge in [-0.3, -0.25) is 4.57 Å². The molecule has 0 aliphatic carbocycles. The maximum Gasteiger partial charge on any atom is 0.235 e. The van der Waals surface area contributed by atoms with Crippen molar-refractivity contribution < 1.29 is 4.42 Å². The third-order valence-electron chi connectivity index (χ3n) is 9.42. The molecule has 3 heterocycles. The van der Waals surface area contributed by atoms with Gasteiger partial charge < -0.3 is 4.42 Å². The van der Waals surface area contributed by atoms with Crippen molar-refractivity contribution in [2.75, 3.05) is 0 Å². The fourth-order valence-electron chi connectivity index (χ4n) is 7.20. The molecule has 0 saturated carbocycles. The van der Waals surface area contributed by atoms with Crippen LogP contribution < -0.4 is 0 Å². The Kier molecular flexibility index (Phi) is 5.84. The van der Waals surface area contributed by atoms with Gasteiger partial charge in [-0.15, -0.1) is 0 Å². The van der Waals surface area contributed by atoms with Crippen molar-refractivity contribution in [2.24, 2.45) is 0 Å². The van der Waals surface area contributed by atoms with Crippen LogP contribution in [-0.4, -0.2) is 14.5 Å². The molecule has 0 bridgehead atoms. The van der Waals surface area contributed by atoms with E-state index in [0.717, 1.165) is 82.8 Å². The van der Waals surface area contributed by atoms with Gasteiger partial charge in [0.25, 0.3) is 0 Å². The minimum atomic E-state index is 0.629. The van der Waals surface area contributed by atoms with Gasteiger partial charge in [-0.2, -0.15) is 0 Å². The summed E-state index contributed by atoms with van der Waals surface area (Å²) in [4.78, 5) is 10.7. The second kappa shape index (κ2) is 10.5. The Morgan fingerprint density at radius 2 is 1.00 bits per heavy atom. The van der Waals surface area contributed by atoms with Crippen LogP contribution in [0.2, 0.25) is 0 Å². The lowest BCUT2D eigenvalue weighted by Gasteiger charge is -2.14. The Hall–Kier alpha value is -6.52. The summed E-state index contributed by atoms with van der Waals surface area (Å²) in [5.41, 5.74) is 9.89. The fourth-order valence-corrected chi connectivity index (χ4v) is 7.20. The van der Waals surface area contributed by atoms with E-state index in [-0.39, 0.29) is 0 Å². The standard InChI is InChI=1S/C44H27N3O/c1-3-13-29(14-4-1)38-27-39(30-15-5-2-6-16-30)46-44(45-38)47-42-32-17-8-7-12-28(32)22-25-37(42)36-20-11-19-33(43(36)47)31-23-24-35-34-18-9-10-21-40(34)48-41(35)26-31/h1-27H. The average molecular weight is 614 g/mol. The van der Waals surface area contributed by atoms with E-state index in [1.54, 1.807) is 0 Å². The highest BCUT2D eigenvalue weighted by Gasteiger charge is 2.22. The van der Waals surface area contributed by atoms with Crippen LogP contribution in [0.4, 0.5) is 0 Å². The average Bonchev–Trinajstić information content (AvgIpc) is 3.71. The molecular formula is C44H27N3O. The molecule has 10 aromatic rings.